The Morgan fingerprint density at radius 1 is 1.56 bits per heavy atom. The summed E-state index contributed by atoms with van der Waals surface area (Å²) >= 11 is 1.79. The zero-order valence-corrected chi connectivity index (χ0v) is 11.1. The summed E-state index contributed by atoms with van der Waals surface area (Å²) in [5.41, 5.74) is 1.30. The van der Waals surface area contributed by atoms with E-state index in [0.29, 0.717) is 12.6 Å². The highest BCUT2D eigenvalue weighted by molar-refractivity contribution is 7.10. The highest BCUT2D eigenvalue weighted by Crippen LogP contribution is 2.24. The van der Waals surface area contributed by atoms with Crippen molar-refractivity contribution in [1.29, 1.82) is 0 Å². The number of carbonyl (C=O) groups excluding carboxylic acids is 1. The predicted molar refractivity (Wildman–Crippen MR) is 70.5 cm³/mol. The molecule has 18 heavy (non-hydrogen) atoms. The van der Waals surface area contributed by atoms with Crippen LogP contribution >= 0.6 is 11.3 Å². The molecule has 1 aromatic heterocycles. The van der Waals surface area contributed by atoms with Gasteiger partial charge in [0.25, 0.3) is 0 Å². The maximum Gasteiger partial charge on any atom is 0.236 e. The van der Waals surface area contributed by atoms with Gasteiger partial charge in [0.15, 0.2) is 0 Å². The summed E-state index contributed by atoms with van der Waals surface area (Å²) in [6.07, 6.45) is 2.38. The Morgan fingerprint density at radius 3 is 3.17 bits per heavy atom. The molecule has 0 bridgehead atoms. The molecule has 0 saturated heterocycles. The maximum atomic E-state index is 12.1. The summed E-state index contributed by atoms with van der Waals surface area (Å²) in [5.74, 6) is 0.174. The first-order valence-electron chi connectivity index (χ1n) is 6.47. The van der Waals surface area contributed by atoms with E-state index in [9.17, 15) is 9.90 Å². The minimum atomic E-state index is -0.166. The number of aliphatic hydroxyl groups excluding tert-OH is 1. The topological polar surface area (TPSA) is 52.6 Å². The average Bonchev–Trinajstić information content (AvgIpc) is 2.79. The molecule has 2 heterocycles. The van der Waals surface area contributed by atoms with Crippen LogP contribution in [0.15, 0.2) is 11.4 Å². The smallest absolute Gasteiger partial charge is 0.236 e. The number of nitrogens with one attached hydrogen (secondary N) is 1. The molecule has 1 amide bonds. The van der Waals surface area contributed by atoms with Crippen molar-refractivity contribution in [3.05, 3.63) is 21.9 Å². The molecule has 98 valence electrons. The Balaban J connectivity index is 1.48. The predicted octanol–water partition coefficient (Wildman–Crippen LogP) is 0.746. The molecule has 3 rings (SSSR count). The van der Waals surface area contributed by atoms with Gasteiger partial charge in [-0.3, -0.25) is 4.79 Å². The van der Waals surface area contributed by atoms with Crippen LogP contribution in [-0.2, 0) is 17.8 Å². The Kier molecular flexibility index (Phi) is 3.37. The first kappa shape index (κ1) is 12.1. The Morgan fingerprint density at radius 2 is 2.39 bits per heavy atom. The summed E-state index contributed by atoms with van der Waals surface area (Å²) in [4.78, 5) is 15.4. The molecule has 0 atom stereocenters. The van der Waals surface area contributed by atoms with Gasteiger partial charge in [0.05, 0.1) is 12.6 Å². The third-order valence-corrected chi connectivity index (χ3v) is 4.84. The number of hydrogen-bond donors (Lipinski definition) is 2. The highest BCUT2D eigenvalue weighted by Gasteiger charge is 2.28. The van der Waals surface area contributed by atoms with Crippen LogP contribution in [0.4, 0.5) is 0 Å². The van der Waals surface area contributed by atoms with E-state index in [4.69, 9.17) is 0 Å². The molecule has 1 saturated carbocycles. The minimum Gasteiger partial charge on any atom is -0.393 e. The summed E-state index contributed by atoms with van der Waals surface area (Å²) < 4.78 is 0. The number of amides is 1. The van der Waals surface area contributed by atoms with Gasteiger partial charge >= 0.3 is 0 Å². The fourth-order valence-corrected chi connectivity index (χ4v) is 3.45. The van der Waals surface area contributed by atoms with Crippen molar-refractivity contribution in [3.63, 3.8) is 0 Å². The van der Waals surface area contributed by atoms with Gasteiger partial charge in [-0.15, -0.1) is 11.3 Å². The molecule has 1 fully saturated rings. The molecule has 0 aromatic carbocycles. The molecule has 0 spiro atoms. The van der Waals surface area contributed by atoms with Gasteiger partial charge in [0.2, 0.25) is 5.91 Å². The summed E-state index contributed by atoms with van der Waals surface area (Å²) in [7, 11) is 0. The van der Waals surface area contributed by atoms with Crippen LogP contribution in [0.25, 0.3) is 0 Å². The van der Waals surface area contributed by atoms with E-state index < -0.39 is 0 Å². The summed E-state index contributed by atoms with van der Waals surface area (Å²) in [6.45, 7) is 1.99. The fourth-order valence-electron chi connectivity index (χ4n) is 2.56. The van der Waals surface area contributed by atoms with Gasteiger partial charge in [-0.2, -0.15) is 0 Å². The lowest BCUT2D eigenvalue weighted by Gasteiger charge is -2.33. The van der Waals surface area contributed by atoms with Crippen LogP contribution in [0.1, 0.15) is 23.3 Å². The lowest BCUT2D eigenvalue weighted by Crippen LogP contribution is -2.49. The van der Waals surface area contributed by atoms with E-state index in [1.807, 2.05) is 4.90 Å². The molecule has 4 nitrogen and oxygen atoms in total. The Hall–Kier alpha value is -0.910. The zero-order valence-electron chi connectivity index (χ0n) is 10.3. The number of nitrogens with zero attached hydrogens (tertiary/aromatic N) is 1. The number of fused-ring (bicyclic) bond motifs is 1. The molecule has 0 unspecified atom stereocenters. The number of carbonyl (C=O) groups is 1. The minimum absolute atomic E-state index is 0.166. The summed E-state index contributed by atoms with van der Waals surface area (Å²) in [6, 6.07) is 2.44. The zero-order chi connectivity index (χ0) is 12.5. The Labute approximate surface area is 111 Å². The van der Waals surface area contributed by atoms with Crippen LogP contribution in [0.5, 0.6) is 0 Å². The van der Waals surface area contributed by atoms with Crippen molar-refractivity contribution in [2.75, 3.05) is 13.1 Å². The van der Waals surface area contributed by atoms with Crippen LogP contribution in [-0.4, -0.2) is 41.1 Å². The summed E-state index contributed by atoms with van der Waals surface area (Å²) in [5, 5.41) is 14.5. The molecule has 0 radical (unpaired) electrons. The van der Waals surface area contributed by atoms with Crippen LogP contribution < -0.4 is 5.32 Å². The maximum absolute atomic E-state index is 12.1. The molecule has 1 aromatic rings. The van der Waals surface area contributed by atoms with Crippen molar-refractivity contribution >= 4 is 17.2 Å². The van der Waals surface area contributed by atoms with Gasteiger partial charge in [-0.05, 0) is 36.3 Å². The quantitative estimate of drug-likeness (QED) is 0.848. The van der Waals surface area contributed by atoms with Gasteiger partial charge in [0, 0.05) is 24.0 Å². The lowest BCUT2D eigenvalue weighted by atomic mass is 9.89. The Bertz CT molecular complexity index is 440. The average molecular weight is 266 g/mol. The third-order valence-electron chi connectivity index (χ3n) is 3.82. The SMILES string of the molecule is O=C(CNC1CC(O)C1)N1CCc2sccc2C1. The second-order valence-electron chi connectivity index (χ2n) is 5.14. The van der Waals surface area contributed by atoms with Crippen LogP contribution in [0, 0.1) is 0 Å². The molecule has 1 aliphatic heterocycles. The van der Waals surface area contributed by atoms with Crippen molar-refractivity contribution in [2.24, 2.45) is 0 Å². The molecule has 2 N–H and O–H groups in total. The molecule has 5 heteroatoms. The standard InChI is InChI=1S/C13H18N2O2S/c16-11-5-10(6-11)14-7-13(17)15-3-1-12-9(8-15)2-4-18-12/h2,4,10-11,14,16H,1,3,5-8H2. The van der Waals surface area contributed by atoms with Gasteiger partial charge in [-0.25, -0.2) is 0 Å². The van der Waals surface area contributed by atoms with Gasteiger partial charge < -0.3 is 15.3 Å². The lowest BCUT2D eigenvalue weighted by molar-refractivity contribution is -0.131. The van der Waals surface area contributed by atoms with E-state index in [1.54, 1.807) is 11.3 Å². The number of thiophene rings is 1. The highest BCUT2D eigenvalue weighted by atomic mass is 32.1. The van der Waals surface area contributed by atoms with Crippen molar-refractivity contribution in [2.45, 2.75) is 38.0 Å². The van der Waals surface area contributed by atoms with Gasteiger partial charge in [-0.1, -0.05) is 0 Å². The second kappa shape index (κ2) is 4.99. The second-order valence-corrected chi connectivity index (χ2v) is 6.14. The van der Waals surface area contributed by atoms with Crippen molar-refractivity contribution in [3.8, 4) is 0 Å². The van der Waals surface area contributed by atoms with Crippen molar-refractivity contribution < 1.29 is 9.90 Å². The van der Waals surface area contributed by atoms with Crippen molar-refractivity contribution in [1.82, 2.24) is 10.2 Å². The van der Waals surface area contributed by atoms with Crippen LogP contribution in [0.3, 0.4) is 0 Å². The molecule has 1 aliphatic carbocycles. The first-order valence-corrected chi connectivity index (χ1v) is 7.35. The van der Waals surface area contributed by atoms with Gasteiger partial charge in [0.1, 0.15) is 0 Å². The molecule has 2 aliphatic rings. The monoisotopic (exact) mass is 266 g/mol. The van der Waals surface area contributed by atoms with E-state index in [0.717, 1.165) is 32.4 Å². The van der Waals surface area contributed by atoms with Crippen LogP contribution in [0.2, 0.25) is 0 Å². The largest absolute Gasteiger partial charge is 0.393 e. The third kappa shape index (κ3) is 2.43. The van der Waals surface area contributed by atoms with E-state index in [1.165, 1.54) is 10.4 Å². The number of hydrogen-bond acceptors (Lipinski definition) is 4. The van der Waals surface area contributed by atoms with E-state index >= 15 is 0 Å². The fraction of sp³-hybridized carbons (Fsp3) is 0.615. The number of aliphatic hydroxyl groups is 1. The molecular weight excluding hydrogens is 248 g/mol. The van der Waals surface area contributed by atoms with E-state index in [-0.39, 0.29) is 12.0 Å². The normalized spacial score (nSPS) is 26.6. The van der Waals surface area contributed by atoms with E-state index in [2.05, 4.69) is 16.8 Å². The molecular formula is C13H18N2O2S. The number of rotatable bonds is 3. The first-order chi connectivity index (χ1) is 8.72.